The van der Waals surface area contributed by atoms with Crippen LogP contribution in [0.2, 0.25) is 0 Å². The molecule has 0 bridgehead atoms. The molecule has 0 unspecified atom stereocenters. The number of fused-ring (bicyclic) bond motifs is 1. The number of hydrogen-bond donors (Lipinski definition) is 1. The van der Waals surface area contributed by atoms with E-state index in [1.165, 1.54) is 12.8 Å². The Morgan fingerprint density at radius 2 is 1.96 bits per heavy atom. The number of hydrogen-bond acceptors (Lipinski definition) is 5. The van der Waals surface area contributed by atoms with E-state index in [4.69, 9.17) is 0 Å². The van der Waals surface area contributed by atoms with Crippen LogP contribution in [0.5, 0.6) is 0 Å². The predicted octanol–water partition coefficient (Wildman–Crippen LogP) is 1.58. The second-order valence-electron chi connectivity index (χ2n) is 6.75. The second kappa shape index (κ2) is 7.21. The summed E-state index contributed by atoms with van der Waals surface area (Å²) in [6.45, 7) is 3.63. The molecule has 4 rings (SSSR count). The summed E-state index contributed by atoms with van der Waals surface area (Å²) in [4.78, 5) is 23.4. The maximum absolute atomic E-state index is 12.4. The van der Waals surface area contributed by atoms with Crippen LogP contribution < -0.4 is 10.2 Å². The first-order chi connectivity index (χ1) is 12.3. The highest BCUT2D eigenvalue weighted by Gasteiger charge is 2.19. The van der Waals surface area contributed by atoms with Crippen LogP contribution in [-0.4, -0.2) is 45.3 Å². The summed E-state index contributed by atoms with van der Waals surface area (Å²) in [5.74, 6) is 0.969. The number of nitrogens with zero attached hydrogens (tertiary/aromatic N) is 5. The van der Waals surface area contributed by atoms with E-state index in [2.05, 4.69) is 25.3 Å². The van der Waals surface area contributed by atoms with Crippen LogP contribution in [0.25, 0.3) is 0 Å². The first kappa shape index (κ1) is 16.1. The fourth-order valence-corrected chi connectivity index (χ4v) is 3.65. The van der Waals surface area contributed by atoms with Crippen molar-refractivity contribution < 1.29 is 4.79 Å². The fourth-order valence-electron chi connectivity index (χ4n) is 3.65. The maximum Gasteiger partial charge on any atom is 0.254 e. The molecule has 0 radical (unpaired) electrons. The number of nitrogens with one attached hydrogen (secondary N) is 1. The zero-order valence-electron chi connectivity index (χ0n) is 14.4. The lowest BCUT2D eigenvalue weighted by atomic mass is 10.1. The maximum atomic E-state index is 12.4. The zero-order chi connectivity index (χ0) is 17.1. The van der Waals surface area contributed by atoms with Crippen molar-refractivity contribution in [2.24, 2.45) is 0 Å². The molecule has 1 N–H and O–H groups in total. The fraction of sp³-hybridized carbons (Fsp3) is 0.556. The van der Waals surface area contributed by atoms with Crippen molar-refractivity contribution in [1.29, 1.82) is 0 Å². The Balaban J connectivity index is 1.34. The zero-order valence-corrected chi connectivity index (χ0v) is 14.4. The van der Waals surface area contributed by atoms with Crippen molar-refractivity contribution in [2.75, 3.05) is 24.5 Å². The summed E-state index contributed by atoms with van der Waals surface area (Å²) in [6.07, 6.45) is 9.70. The van der Waals surface area contributed by atoms with Gasteiger partial charge in [0.2, 0.25) is 0 Å². The topological polar surface area (TPSA) is 75.9 Å². The molecule has 4 heterocycles. The molecule has 7 heteroatoms. The van der Waals surface area contributed by atoms with Crippen molar-refractivity contribution >= 4 is 11.7 Å². The number of aromatic nitrogens is 4. The standard InChI is InChI=1S/C18H24N6O/c25-18(15-12-22-24-10-2-1-5-16(15)24)19-7-6-14-11-17(21-13-20-14)23-8-3-4-9-23/h11-13H,1-10H2,(H,19,25). The highest BCUT2D eigenvalue weighted by atomic mass is 16.1. The Hall–Kier alpha value is -2.44. The minimum Gasteiger partial charge on any atom is -0.357 e. The molecule has 0 atom stereocenters. The number of rotatable bonds is 5. The van der Waals surface area contributed by atoms with Crippen LogP contribution in [-0.2, 0) is 19.4 Å². The summed E-state index contributed by atoms with van der Waals surface area (Å²) in [6, 6.07) is 2.04. The van der Waals surface area contributed by atoms with Gasteiger partial charge in [-0.25, -0.2) is 9.97 Å². The molecule has 25 heavy (non-hydrogen) atoms. The first-order valence-corrected chi connectivity index (χ1v) is 9.20. The monoisotopic (exact) mass is 340 g/mol. The molecule has 7 nitrogen and oxygen atoms in total. The van der Waals surface area contributed by atoms with Gasteiger partial charge in [-0.2, -0.15) is 5.10 Å². The van der Waals surface area contributed by atoms with E-state index >= 15 is 0 Å². The van der Waals surface area contributed by atoms with Gasteiger partial charge in [-0.3, -0.25) is 9.48 Å². The molecule has 2 aromatic rings. The average Bonchev–Trinajstić information content (AvgIpc) is 3.32. The Morgan fingerprint density at radius 1 is 1.12 bits per heavy atom. The van der Waals surface area contributed by atoms with Crippen molar-refractivity contribution in [2.45, 2.75) is 45.1 Å². The Bertz CT molecular complexity index is 750. The SMILES string of the molecule is O=C(NCCc1cc(N2CCCC2)ncn1)c1cnn2c1CCCC2. The third-order valence-corrected chi connectivity index (χ3v) is 5.03. The van der Waals surface area contributed by atoms with Gasteiger partial charge in [0.05, 0.1) is 17.5 Å². The van der Waals surface area contributed by atoms with Gasteiger partial charge in [0, 0.05) is 44.4 Å². The molecule has 132 valence electrons. The van der Waals surface area contributed by atoms with Gasteiger partial charge in [-0.1, -0.05) is 0 Å². The Morgan fingerprint density at radius 3 is 2.84 bits per heavy atom. The summed E-state index contributed by atoms with van der Waals surface area (Å²) in [5, 5.41) is 7.34. The first-order valence-electron chi connectivity index (χ1n) is 9.20. The third kappa shape index (κ3) is 3.50. The molecule has 0 aliphatic carbocycles. The van der Waals surface area contributed by atoms with E-state index in [0.717, 1.165) is 61.7 Å². The highest BCUT2D eigenvalue weighted by molar-refractivity contribution is 5.95. The van der Waals surface area contributed by atoms with Crippen molar-refractivity contribution in [3.05, 3.63) is 35.5 Å². The van der Waals surface area contributed by atoms with Gasteiger partial charge < -0.3 is 10.2 Å². The van der Waals surface area contributed by atoms with Crippen molar-refractivity contribution in [1.82, 2.24) is 25.1 Å². The summed E-state index contributed by atoms with van der Waals surface area (Å²) in [7, 11) is 0. The van der Waals surface area contributed by atoms with Crippen molar-refractivity contribution in [3.63, 3.8) is 0 Å². The van der Waals surface area contributed by atoms with Crippen LogP contribution in [0.1, 0.15) is 47.4 Å². The minimum absolute atomic E-state index is 0.0306. The largest absolute Gasteiger partial charge is 0.357 e. The van der Waals surface area contributed by atoms with Gasteiger partial charge in [-0.05, 0) is 32.1 Å². The molecular weight excluding hydrogens is 316 g/mol. The van der Waals surface area contributed by atoms with Gasteiger partial charge in [-0.15, -0.1) is 0 Å². The summed E-state index contributed by atoms with van der Waals surface area (Å²) < 4.78 is 1.96. The van der Waals surface area contributed by atoms with Crippen LogP contribution in [0.3, 0.4) is 0 Å². The van der Waals surface area contributed by atoms with Gasteiger partial charge >= 0.3 is 0 Å². The summed E-state index contributed by atoms with van der Waals surface area (Å²) >= 11 is 0. The number of anilines is 1. The smallest absolute Gasteiger partial charge is 0.254 e. The molecule has 2 aromatic heterocycles. The van der Waals surface area contributed by atoms with Crippen LogP contribution in [0, 0.1) is 0 Å². The van der Waals surface area contributed by atoms with E-state index < -0.39 is 0 Å². The quantitative estimate of drug-likeness (QED) is 0.894. The number of aryl methyl sites for hydroxylation is 1. The molecule has 1 saturated heterocycles. The number of carbonyl (C=O) groups is 1. The third-order valence-electron chi connectivity index (χ3n) is 5.03. The highest BCUT2D eigenvalue weighted by Crippen LogP contribution is 2.19. The van der Waals surface area contributed by atoms with Gasteiger partial charge in [0.25, 0.3) is 5.91 Å². The van der Waals surface area contributed by atoms with E-state index in [0.29, 0.717) is 13.0 Å². The molecular formula is C18H24N6O. The molecule has 1 amide bonds. The molecule has 0 aromatic carbocycles. The lowest BCUT2D eigenvalue weighted by Gasteiger charge is -2.16. The molecule has 2 aliphatic heterocycles. The minimum atomic E-state index is -0.0306. The molecule has 0 spiro atoms. The molecule has 1 fully saturated rings. The Kier molecular flexibility index (Phi) is 4.63. The van der Waals surface area contributed by atoms with Crippen LogP contribution in [0.4, 0.5) is 5.82 Å². The van der Waals surface area contributed by atoms with Crippen LogP contribution >= 0.6 is 0 Å². The number of carbonyl (C=O) groups excluding carboxylic acids is 1. The lowest BCUT2D eigenvalue weighted by molar-refractivity contribution is 0.0952. The molecule has 0 saturated carbocycles. The Labute approximate surface area is 147 Å². The van der Waals surface area contributed by atoms with E-state index in [1.54, 1.807) is 12.5 Å². The second-order valence-corrected chi connectivity index (χ2v) is 6.75. The van der Waals surface area contributed by atoms with Crippen LogP contribution in [0.15, 0.2) is 18.6 Å². The van der Waals surface area contributed by atoms with E-state index in [1.807, 2.05) is 10.7 Å². The molecule has 2 aliphatic rings. The van der Waals surface area contributed by atoms with Crippen molar-refractivity contribution in [3.8, 4) is 0 Å². The lowest BCUT2D eigenvalue weighted by Crippen LogP contribution is -2.27. The predicted molar refractivity (Wildman–Crippen MR) is 94.7 cm³/mol. The van der Waals surface area contributed by atoms with Gasteiger partial charge in [0.1, 0.15) is 12.1 Å². The summed E-state index contributed by atoms with van der Waals surface area (Å²) in [5.41, 5.74) is 2.76. The number of amides is 1. The van der Waals surface area contributed by atoms with E-state index in [-0.39, 0.29) is 5.91 Å². The normalized spacial score (nSPS) is 16.7. The van der Waals surface area contributed by atoms with E-state index in [9.17, 15) is 4.79 Å². The van der Waals surface area contributed by atoms with Gasteiger partial charge in [0.15, 0.2) is 0 Å². The average molecular weight is 340 g/mol.